The summed E-state index contributed by atoms with van der Waals surface area (Å²) in [4.78, 5) is 3.93. The number of hydrogen-bond acceptors (Lipinski definition) is 3. The maximum Gasteiger partial charge on any atom is 0.122 e. The van der Waals surface area contributed by atoms with Crippen LogP contribution in [0.4, 0.5) is 0 Å². The predicted octanol–water partition coefficient (Wildman–Crippen LogP) is 0.825. The zero-order valence-corrected chi connectivity index (χ0v) is 5.15. The van der Waals surface area contributed by atoms with Crippen LogP contribution in [-0.2, 0) is 0 Å². The largest absolute Gasteiger partial charge is 0.264 e. The van der Waals surface area contributed by atoms with E-state index in [1.54, 1.807) is 18.6 Å². The van der Waals surface area contributed by atoms with E-state index in [0.29, 0.717) is 0 Å². The summed E-state index contributed by atoms with van der Waals surface area (Å²) in [7, 11) is 0. The van der Waals surface area contributed by atoms with Crippen LogP contribution in [-0.4, -0.2) is 15.2 Å². The van der Waals surface area contributed by atoms with Crippen LogP contribution in [0.2, 0.25) is 0 Å². The molecule has 0 aliphatic rings. The van der Waals surface area contributed by atoms with Crippen molar-refractivity contribution in [1.82, 2.24) is 15.2 Å². The van der Waals surface area contributed by atoms with Crippen molar-refractivity contribution in [3.63, 3.8) is 0 Å². The van der Waals surface area contributed by atoms with Gasteiger partial charge >= 0.3 is 0 Å². The van der Waals surface area contributed by atoms with E-state index in [0.717, 1.165) is 10.8 Å². The van der Waals surface area contributed by atoms with Crippen LogP contribution in [0.25, 0.3) is 10.8 Å². The van der Waals surface area contributed by atoms with E-state index < -0.39 is 0 Å². The van der Waals surface area contributed by atoms with Crippen LogP contribution in [0.1, 0.15) is 0 Å². The van der Waals surface area contributed by atoms with Crippen molar-refractivity contribution >= 4 is 10.8 Å². The summed E-state index contributed by atoms with van der Waals surface area (Å²) in [6.07, 6.45) is 7.86. The van der Waals surface area contributed by atoms with Gasteiger partial charge in [-0.2, -0.15) is 5.10 Å². The predicted molar refractivity (Wildman–Crippen MR) is 36.2 cm³/mol. The average molecular weight is 130 g/mol. The second kappa shape index (κ2) is 2.02. The van der Waals surface area contributed by atoms with E-state index >= 15 is 0 Å². The highest BCUT2D eigenvalue weighted by atomic mass is 15.1. The molecule has 0 saturated heterocycles. The minimum atomic E-state index is 0.949. The molecular weight excluding hydrogens is 126 g/mol. The maximum atomic E-state index is 3.93. The second-order valence-corrected chi connectivity index (χ2v) is 1.92. The Morgan fingerprint density at radius 1 is 1.30 bits per heavy atom. The second-order valence-electron chi connectivity index (χ2n) is 1.92. The zero-order valence-electron chi connectivity index (χ0n) is 5.15. The smallest absolute Gasteiger partial charge is 0.122 e. The van der Waals surface area contributed by atoms with Crippen molar-refractivity contribution in [3.8, 4) is 0 Å². The van der Waals surface area contributed by atoms with Gasteiger partial charge in [-0.25, -0.2) is 0 Å². The molecule has 0 aromatic carbocycles. The van der Waals surface area contributed by atoms with E-state index in [-0.39, 0.29) is 0 Å². The summed E-state index contributed by atoms with van der Waals surface area (Å²) in [5.41, 5.74) is 0. The molecule has 0 unspecified atom stereocenters. The van der Waals surface area contributed by atoms with Gasteiger partial charge in [0.1, 0.15) is 6.20 Å². The maximum absolute atomic E-state index is 3.93. The van der Waals surface area contributed by atoms with Crippen LogP contribution in [0, 0.1) is 6.20 Å². The number of rotatable bonds is 0. The Morgan fingerprint density at radius 3 is 3.20 bits per heavy atom. The number of nitrogens with zero attached hydrogens (tertiary/aromatic N) is 3. The number of pyridine rings is 1. The molecule has 0 aliphatic heterocycles. The molecule has 0 fully saturated rings. The summed E-state index contributed by atoms with van der Waals surface area (Å²) < 4.78 is 0. The fourth-order valence-electron chi connectivity index (χ4n) is 0.785. The normalized spacial score (nSPS) is 10.0. The lowest BCUT2D eigenvalue weighted by atomic mass is 10.3. The lowest BCUT2D eigenvalue weighted by molar-refractivity contribution is 1.04. The van der Waals surface area contributed by atoms with E-state index in [4.69, 9.17) is 0 Å². The van der Waals surface area contributed by atoms with Gasteiger partial charge in [0.25, 0.3) is 0 Å². The molecule has 2 aromatic rings. The lowest BCUT2D eigenvalue weighted by Gasteiger charge is -1.89. The van der Waals surface area contributed by atoms with Gasteiger partial charge < -0.3 is 0 Å². The van der Waals surface area contributed by atoms with E-state index in [1.807, 2.05) is 6.07 Å². The Hall–Kier alpha value is -1.51. The van der Waals surface area contributed by atoms with Gasteiger partial charge in [0.05, 0.1) is 6.20 Å². The summed E-state index contributed by atoms with van der Waals surface area (Å²) >= 11 is 0. The van der Waals surface area contributed by atoms with Crippen LogP contribution in [0.5, 0.6) is 0 Å². The Labute approximate surface area is 57.7 Å². The molecule has 0 spiro atoms. The van der Waals surface area contributed by atoms with Gasteiger partial charge in [0.15, 0.2) is 0 Å². The minimum absolute atomic E-state index is 0.949. The van der Waals surface area contributed by atoms with Gasteiger partial charge in [0, 0.05) is 23.2 Å². The highest BCUT2D eigenvalue weighted by Crippen LogP contribution is 2.05. The first-order valence-electron chi connectivity index (χ1n) is 2.90. The topological polar surface area (TPSA) is 38.7 Å². The van der Waals surface area contributed by atoms with Crippen molar-refractivity contribution in [3.05, 3.63) is 30.9 Å². The monoisotopic (exact) mass is 130 g/mol. The quantitative estimate of drug-likeness (QED) is 0.530. The molecule has 0 atom stereocenters. The molecule has 3 heteroatoms. The van der Waals surface area contributed by atoms with Gasteiger partial charge in [0.2, 0.25) is 0 Å². The van der Waals surface area contributed by atoms with Crippen LogP contribution < -0.4 is 0 Å². The fourth-order valence-corrected chi connectivity index (χ4v) is 0.785. The number of aromatic nitrogens is 3. The summed E-state index contributed by atoms with van der Waals surface area (Å²) in [6.45, 7) is 0. The first-order valence-corrected chi connectivity index (χ1v) is 2.90. The first-order chi connectivity index (χ1) is 4.97. The first kappa shape index (κ1) is 5.29. The molecule has 0 bridgehead atoms. The molecule has 0 amide bonds. The third kappa shape index (κ3) is 0.719. The highest BCUT2D eigenvalue weighted by Gasteiger charge is 1.89. The third-order valence-corrected chi connectivity index (χ3v) is 1.28. The van der Waals surface area contributed by atoms with Gasteiger partial charge in [-0.1, -0.05) is 0 Å². The Bertz CT molecular complexity index is 280. The zero-order chi connectivity index (χ0) is 6.81. The summed E-state index contributed by atoms with van der Waals surface area (Å²) in [5.74, 6) is 0. The molecule has 0 saturated carbocycles. The molecule has 2 rings (SSSR count). The van der Waals surface area contributed by atoms with Gasteiger partial charge in [-0.05, 0) is 6.07 Å². The fraction of sp³-hybridized carbons (Fsp3) is 0. The van der Waals surface area contributed by atoms with Crippen LogP contribution >= 0.6 is 0 Å². The molecule has 0 aliphatic carbocycles. The molecule has 0 N–H and O–H groups in total. The van der Waals surface area contributed by atoms with Crippen LogP contribution in [0.15, 0.2) is 24.7 Å². The van der Waals surface area contributed by atoms with E-state index in [2.05, 4.69) is 21.4 Å². The van der Waals surface area contributed by atoms with Gasteiger partial charge in [-0.15, -0.1) is 5.10 Å². The lowest BCUT2D eigenvalue weighted by Crippen LogP contribution is -1.80. The Balaban J connectivity index is 2.89. The molecular formula is C7H4N3. The third-order valence-electron chi connectivity index (χ3n) is 1.28. The van der Waals surface area contributed by atoms with Crippen molar-refractivity contribution < 1.29 is 0 Å². The Morgan fingerprint density at radius 2 is 2.30 bits per heavy atom. The van der Waals surface area contributed by atoms with E-state index in [1.165, 1.54) is 0 Å². The minimum Gasteiger partial charge on any atom is -0.264 e. The van der Waals surface area contributed by atoms with E-state index in [9.17, 15) is 0 Å². The summed E-state index contributed by atoms with van der Waals surface area (Å²) in [6, 6.07) is 1.85. The molecule has 3 nitrogen and oxygen atoms in total. The number of fused-ring (bicyclic) bond motifs is 1. The molecule has 2 heterocycles. The molecule has 1 radical (unpaired) electrons. The number of hydrogen-bond donors (Lipinski definition) is 0. The van der Waals surface area contributed by atoms with Crippen molar-refractivity contribution in [2.45, 2.75) is 0 Å². The highest BCUT2D eigenvalue weighted by molar-refractivity contribution is 5.78. The van der Waals surface area contributed by atoms with Crippen molar-refractivity contribution in [2.75, 3.05) is 0 Å². The SMILES string of the molecule is [c]1nncc2cnccc12. The molecule has 47 valence electrons. The molecule has 10 heavy (non-hydrogen) atoms. The summed E-state index contributed by atoms with van der Waals surface area (Å²) in [5, 5.41) is 9.20. The van der Waals surface area contributed by atoms with Crippen molar-refractivity contribution in [1.29, 1.82) is 0 Å². The molecule has 2 aromatic heterocycles. The Kier molecular flexibility index (Phi) is 1.07. The average Bonchev–Trinajstić information content (AvgIpc) is 2.05. The van der Waals surface area contributed by atoms with Gasteiger partial charge in [-0.3, -0.25) is 4.98 Å². The standard InChI is InChI=1S/C7H4N3/c1-2-8-3-7-5-10-9-4-6(1)7/h1-3,5H. The van der Waals surface area contributed by atoms with Crippen LogP contribution in [0.3, 0.4) is 0 Å². The van der Waals surface area contributed by atoms with Crippen molar-refractivity contribution in [2.24, 2.45) is 0 Å².